The highest BCUT2D eigenvalue weighted by atomic mass is 32.2. The number of benzene rings is 1. The lowest BCUT2D eigenvalue weighted by Crippen LogP contribution is -2.21. The summed E-state index contributed by atoms with van der Waals surface area (Å²) in [6.45, 7) is 0.399. The van der Waals surface area contributed by atoms with Crippen LogP contribution >= 0.6 is 0 Å². The van der Waals surface area contributed by atoms with Gasteiger partial charge in [-0.05, 0) is 6.07 Å². The topological polar surface area (TPSA) is 64.6 Å². The van der Waals surface area contributed by atoms with Crippen LogP contribution in [0.4, 0.5) is 0 Å². The Morgan fingerprint density at radius 2 is 2.20 bits per heavy atom. The molecular weight excluding hydrogens is 218 g/mol. The Kier molecular flexibility index (Phi) is 2.54. The number of sulfonamides is 1. The number of nitrogens with one attached hydrogen (secondary N) is 1. The van der Waals surface area contributed by atoms with E-state index in [1.165, 1.54) is 0 Å². The van der Waals surface area contributed by atoms with Gasteiger partial charge in [-0.2, -0.15) is 0 Å². The fourth-order valence-corrected chi connectivity index (χ4v) is 1.76. The molecule has 1 aromatic carbocycles. The number of rotatable bonds is 3. The van der Waals surface area contributed by atoms with Crippen LogP contribution in [0.5, 0.6) is 11.5 Å². The summed E-state index contributed by atoms with van der Waals surface area (Å²) in [6.07, 6.45) is 1.12. The number of fused-ring (bicyclic) bond motifs is 1. The Morgan fingerprint density at radius 3 is 2.93 bits per heavy atom. The van der Waals surface area contributed by atoms with Crippen molar-refractivity contribution in [2.45, 2.75) is 6.54 Å². The number of hydrogen-bond donors (Lipinski definition) is 1. The smallest absolute Gasteiger partial charge is 0.231 e. The molecule has 0 fully saturated rings. The summed E-state index contributed by atoms with van der Waals surface area (Å²) in [5, 5.41) is 0. The molecule has 1 heterocycles. The molecule has 0 unspecified atom stereocenters. The highest BCUT2D eigenvalue weighted by molar-refractivity contribution is 7.88. The number of hydrogen-bond acceptors (Lipinski definition) is 4. The highest BCUT2D eigenvalue weighted by Crippen LogP contribution is 2.35. The molecule has 0 saturated heterocycles. The maximum Gasteiger partial charge on any atom is 0.231 e. The van der Waals surface area contributed by atoms with E-state index in [1.807, 2.05) is 0 Å². The van der Waals surface area contributed by atoms with Gasteiger partial charge in [0, 0.05) is 12.1 Å². The van der Waals surface area contributed by atoms with Crippen molar-refractivity contribution < 1.29 is 17.9 Å². The molecule has 1 aliphatic rings. The van der Waals surface area contributed by atoms with Crippen LogP contribution in [-0.4, -0.2) is 21.5 Å². The zero-order valence-electron chi connectivity index (χ0n) is 8.19. The maximum atomic E-state index is 10.9. The molecule has 2 rings (SSSR count). The normalized spacial score (nSPS) is 14.2. The number of ether oxygens (including phenoxy) is 2. The molecule has 0 amide bonds. The van der Waals surface area contributed by atoms with E-state index in [9.17, 15) is 8.42 Å². The van der Waals surface area contributed by atoms with Gasteiger partial charge in [-0.15, -0.1) is 0 Å². The fourth-order valence-electron chi connectivity index (χ4n) is 1.34. The zero-order valence-corrected chi connectivity index (χ0v) is 9.00. The third-order valence-corrected chi connectivity index (χ3v) is 2.67. The van der Waals surface area contributed by atoms with Crippen molar-refractivity contribution in [2.24, 2.45) is 0 Å². The monoisotopic (exact) mass is 229 g/mol. The molecular formula is C9H11NO4S. The van der Waals surface area contributed by atoms with Crippen LogP contribution in [0.2, 0.25) is 0 Å². The van der Waals surface area contributed by atoms with Gasteiger partial charge in [-0.25, -0.2) is 13.1 Å². The minimum absolute atomic E-state index is 0.186. The van der Waals surface area contributed by atoms with E-state index in [0.29, 0.717) is 11.5 Å². The highest BCUT2D eigenvalue weighted by Gasteiger charge is 2.17. The quantitative estimate of drug-likeness (QED) is 0.818. The first kappa shape index (κ1) is 10.3. The average Bonchev–Trinajstić information content (AvgIpc) is 2.61. The Balaban J connectivity index is 2.19. The molecule has 1 aromatic rings. The summed E-state index contributed by atoms with van der Waals surface area (Å²) in [5.74, 6) is 1.27. The first-order valence-electron chi connectivity index (χ1n) is 4.38. The van der Waals surface area contributed by atoms with Crippen LogP contribution in [0, 0.1) is 0 Å². The van der Waals surface area contributed by atoms with Crippen LogP contribution in [0.3, 0.4) is 0 Å². The van der Waals surface area contributed by atoms with Gasteiger partial charge in [0.15, 0.2) is 11.5 Å². The van der Waals surface area contributed by atoms with Crippen molar-refractivity contribution in [3.63, 3.8) is 0 Å². The van der Waals surface area contributed by atoms with E-state index < -0.39 is 10.0 Å². The number of para-hydroxylation sites is 1. The summed E-state index contributed by atoms with van der Waals surface area (Å²) >= 11 is 0. The van der Waals surface area contributed by atoms with Crippen molar-refractivity contribution >= 4 is 10.0 Å². The van der Waals surface area contributed by atoms with E-state index >= 15 is 0 Å². The minimum atomic E-state index is -3.19. The third kappa shape index (κ3) is 2.40. The lowest BCUT2D eigenvalue weighted by atomic mass is 10.2. The van der Waals surface area contributed by atoms with Gasteiger partial charge < -0.3 is 9.47 Å². The molecule has 0 aliphatic carbocycles. The Labute approximate surface area is 88.1 Å². The van der Waals surface area contributed by atoms with Gasteiger partial charge in [-0.3, -0.25) is 0 Å². The molecule has 0 radical (unpaired) electrons. The van der Waals surface area contributed by atoms with Gasteiger partial charge >= 0.3 is 0 Å². The van der Waals surface area contributed by atoms with Gasteiger partial charge in [0.25, 0.3) is 0 Å². The third-order valence-electron chi connectivity index (χ3n) is 2.00. The fraction of sp³-hybridized carbons (Fsp3) is 0.333. The maximum absolute atomic E-state index is 10.9. The van der Waals surface area contributed by atoms with Crippen LogP contribution in [0.25, 0.3) is 0 Å². The van der Waals surface area contributed by atoms with Crippen LogP contribution in [0.15, 0.2) is 18.2 Å². The van der Waals surface area contributed by atoms with Crippen molar-refractivity contribution in [1.29, 1.82) is 0 Å². The van der Waals surface area contributed by atoms with Crippen molar-refractivity contribution in [3.05, 3.63) is 23.8 Å². The van der Waals surface area contributed by atoms with E-state index in [4.69, 9.17) is 9.47 Å². The largest absolute Gasteiger partial charge is 0.454 e. The molecule has 0 saturated carbocycles. The SMILES string of the molecule is CS(=O)(=O)NCc1cccc2c1OCO2. The zero-order chi connectivity index (χ0) is 10.9. The summed E-state index contributed by atoms with van der Waals surface area (Å²) < 4.78 is 34.7. The molecule has 1 aliphatic heterocycles. The summed E-state index contributed by atoms with van der Waals surface area (Å²) in [5.41, 5.74) is 0.774. The molecule has 0 aromatic heterocycles. The van der Waals surface area contributed by atoms with E-state index in [1.54, 1.807) is 18.2 Å². The summed E-state index contributed by atoms with van der Waals surface area (Å²) in [7, 11) is -3.19. The lowest BCUT2D eigenvalue weighted by molar-refractivity contribution is 0.173. The molecule has 5 nitrogen and oxygen atoms in total. The van der Waals surface area contributed by atoms with Gasteiger partial charge in [0.05, 0.1) is 6.26 Å². The van der Waals surface area contributed by atoms with E-state index in [-0.39, 0.29) is 13.3 Å². The minimum Gasteiger partial charge on any atom is -0.454 e. The Morgan fingerprint density at radius 1 is 1.40 bits per heavy atom. The molecule has 0 bridgehead atoms. The average molecular weight is 229 g/mol. The van der Waals surface area contributed by atoms with Gasteiger partial charge in [-0.1, -0.05) is 12.1 Å². The standard InChI is InChI=1S/C9H11NO4S/c1-15(11,12)10-5-7-3-2-4-8-9(7)14-6-13-8/h2-4,10H,5-6H2,1H3. The lowest BCUT2D eigenvalue weighted by Gasteiger charge is -2.05. The predicted octanol–water partition coefficient (Wildman–Crippen LogP) is 0.464. The first-order valence-corrected chi connectivity index (χ1v) is 6.27. The Hall–Kier alpha value is -1.27. The molecule has 0 spiro atoms. The van der Waals surface area contributed by atoms with Crippen LogP contribution < -0.4 is 14.2 Å². The predicted molar refractivity (Wildman–Crippen MR) is 54.2 cm³/mol. The van der Waals surface area contributed by atoms with Crippen molar-refractivity contribution in [3.8, 4) is 11.5 Å². The molecule has 0 atom stereocenters. The second kappa shape index (κ2) is 3.71. The van der Waals surface area contributed by atoms with E-state index in [2.05, 4.69) is 4.72 Å². The van der Waals surface area contributed by atoms with Crippen molar-refractivity contribution in [2.75, 3.05) is 13.0 Å². The second-order valence-corrected chi connectivity index (χ2v) is 5.08. The Bertz CT molecular complexity index is 469. The summed E-state index contributed by atoms with van der Waals surface area (Å²) in [6, 6.07) is 5.38. The van der Waals surface area contributed by atoms with Gasteiger partial charge in [0.2, 0.25) is 16.8 Å². The van der Waals surface area contributed by atoms with Crippen molar-refractivity contribution in [1.82, 2.24) is 4.72 Å². The van der Waals surface area contributed by atoms with Crippen LogP contribution in [-0.2, 0) is 16.6 Å². The molecule has 1 N–H and O–H groups in total. The molecule has 15 heavy (non-hydrogen) atoms. The van der Waals surface area contributed by atoms with Gasteiger partial charge in [0.1, 0.15) is 0 Å². The molecule has 6 heteroatoms. The van der Waals surface area contributed by atoms with Crippen LogP contribution in [0.1, 0.15) is 5.56 Å². The first-order chi connectivity index (χ1) is 7.06. The second-order valence-electron chi connectivity index (χ2n) is 3.24. The molecule has 82 valence electrons. The van der Waals surface area contributed by atoms with E-state index in [0.717, 1.165) is 11.8 Å². The summed E-state index contributed by atoms with van der Waals surface area (Å²) in [4.78, 5) is 0.